The topological polar surface area (TPSA) is 91.4 Å². The molecule has 0 aliphatic heterocycles. The van der Waals surface area contributed by atoms with E-state index in [1.807, 2.05) is 24.4 Å². The third kappa shape index (κ3) is 3.12. The summed E-state index contributed by atoms with van der Waals surface area (Å²) in [5, 5.41) is 17.7. The lowest BCUT2D eigenvalue weighted by Gasteiger charge is -2.20. The van der Waals surface area contributed by atoms with Crippen LogP contribution >= 0.6 is 11.3 Å². The van der Waals surface area contributed by atoms with Gasteiger partial charge in [0.2, 0.25) is 0 Å². The van der Waals surface area contributed by atoms with Crippen molar-refractivity contribution in [2.45, 2.75) is 19.3 Å². The van der Waals surface area contributed by atoms with E-state index in [-0.39, 0.29) is 5.92 Å². The molecule has 0 aromatic carbocycles. The Morgan fingerprint density at radius 2 is 2.33 bits per heavy atom. The molecule has 0 saturated heterocycles. The van der Waals surface area contributed by atoms with Gasteiger partial charge in [-0.25, -0.2) is 4.52 Å². The molecule has 138 valence electrons. The normalized spacial score (nSPS) is 16.9. The van der Waals surface area contributed by atoms with E-state index < -0.39 is 5.97 Å². The number of aliphatic carboxylic acids is 1. The van der Waals surface area contributed by atoms with Gasteiger partial charge in [0.1, 0.15) is 10.8 Å². The molecule has 0 bridgehead atoms. The smallest absolute Gasteiger partial charge is 0.306 e. The number of amidine groups is 1. The second kappa shape index (κ2) is 6.96. The lowest BCUT2D eigenvalue weighted by molar-refractivity contribution is -0.142. The molecule has 0 unspecified atom stereocenters. The minimum atomic E-state index is -0.736. The van der Waals surface area contributed by atoms with Gasteiger partial charge in [0.25, 0.3) is 0 Å². The number of thiophene rings is 1. The second-order valence-electron chi connectivity index (χ2n) is 6.43. The maximum atomic E-state index is 11.4. The molecule has 1 aliphatic carbocycles. The number of hydrogen-bond acceptors (Lipinski definition) is 5. The first-order valence-electron chi connectivity index (χ1n) is 8.62. The molecule has 3 heterocycles. The Morgan fingerprint density at radius 1 is 1.48 bits per heavy atom. The average Bonchev–Trinajstić information content (AvgIpc) is 3.28. The zero-order chi connectivity index (χ0) is 19.0. The van der Waals surface area contributed by atoms with Crippen molar-refractivity contribution in [2.75, 3.05) is 12.4 Å². The summed E-state index contributed by atoms with van der Waals surface area (Å²) in [6, 6.07) is 5.87. The average molecular weight is 381 g/mol. The number of rotatable bonds is 4. The Morgan fingerprint density at radius 3 is 3.07 bits per heavy atom. The lowest BCUT2D eigenvalue weighted by atomic mass is 9.87. The highest BCUT2D eigenvalue weighted by Gasteiger charge is 2.30. The van der Waals surface area contributed by atoms with Crippen LogP contribution in [0.15, 0.2) is 40.6 Å². The number of aliphatic imine (C=N–C) groups is 2. The molecule has 2 N–H and O–H groups in total. The molecule has 8 heteroatoms. The van der Waals surface area contributed by atoms with Gasteiger partial charge in [-0.1, -0.05) is 0 Å². The third-order valence-corrected chi connectivity index (χ3v) is 6.05. The largest absolute Gasteiger partial charge is 0.481 e. The molecule has 1 atom stereocenters. The monoisotopic (exact) mass is 381 g/mol. The molecular weight excluding hydrogens is 362 g/mol. The lowest BCUT2D eigenvalue weighted by Crippen LogP contribution is -2.23. The third-order valence-electron chi connectivity index (χ3n) is 4.86. The van der Waals surface area contributed by atoms with Crippen LogP contribution in [-0.4, -0.2) is 40.3 Å². The molecule has 0 fully saturated rings. The molecule has 4 rings (SSSR count). The molecule has 0 radical (unpaired) electrons. The Labute approximate surface area is 160 Å². The number of carboxylic acids is 1. The van der Waals surface area contributed by atoms with Crippen LogP contribution in [-0.2, 0) is 17.6 Å². The van der Waals surface area contributed by atoms with Crippen molar-refractivity contribution in [3.05, 3.63) is 46.6 Å². The fraction of sp³-hybridized carbons (Fsp3) is 0.263. The van der Waals surface area contributed by atoms with Crippen LogP contribution in [0.2, 0.25) is 0 Å². The molecule has 7 nitrogen and oxygen atoms in total. The zero-order valence-electron chi connectivity index (χ0n) is 14.8. The number of aromatic nitrogens is 2. The van der Waals surface area contributed by atoms with Gasteiger partial charge in [0, 0.05) is 30.0 Å². The fourth-order valence-corrected chi connectivity index (χ4v) is 4.74. The maximum absolute atomic E-state index is 11.4. The molecule has 0 saturated carbocycles. The first-order chi connectivity index (χ1) is 13.1. The quantitative estimate of drug-likeness (QED) is 0.535. The van der Waals surface area contributed by atoms with E-state index >= 15 is 0 Å². The van der Waals surface area contributed by atoms with E-state index in [9.17, 15) is 9.90 Å². The van der Waals surface area contributed by atoms with Crippen LogP contribution in [0.1, 0.15) is 22.4 Å². The van der Waals surface area contributed by atoms with Crippen molar-refractivity contribution in [2.24, 2.45) is 15.9 Å². The number of nitrogens with one attached hydrogen (secondary N) is 1. The van der Waals surface area contributed by atoms with Crippen molar-refractivity contribution in [3.63, 3.8) is 0 Å². The van der Waals surface area contributed by atoms with Crippen LogP contribution in [0.25, 0.3) is 5.52 Å². The standard InChI is InChI=1S/C19H19N5O2S/c1-20-17(23-12-6-8-24-13(10-12)5-7-22-24)16-14-4-3-11(19(25)26)9-15(14)27-18(16)21-2/h5-8,10-11H,2-4,9H2,1H3,(H,20,23)(H,25,26)/t11-/m0/s1. The Kier molecular flexibility index (Phi) is 4.49. The van der Waals surface area contributed by atoms with Crippen molar-refractivity contribution in [3.8, 4) is 0 Å². The van der Waals surface area contributed by atoms with Gasteiger partial charge in [-0.15, -0.1) is 11.3 Å². The highest BCUT2D eigenvalue weighted by molar-refractivity contribution is 7.16. The summed E-state index contributed by atoms with van der Waals surface area (Å²) < 4.78 is 1.79. The SMILES string of the molecule is C=Nc1sc2c(c1/C(=N\C)Nc1ccn3nccc3c1)CC[C@H](C(=O)O)C2. The number of carbonyl (C=O) groups is 1. The van der Waals surface area contributed by atoms with Crippen LogP contribution in [0, 0.1) is 5.92 Å². The van der Waals surface area contributed by atoms with Gasteiger partial charge >= 0.3 is 5.97 Å². The number of carboxylic acid groups (broad SMARTS) is 1. The molecule has 1 aliphatic rings. The van der Waals surface area contributed by atoms with E-state index in [0.29, 0.717) is 25.1 Å². The van der Waals surface area contributed by atoms with Gasteiger partial charge in [0.15, 0.2) is 0 Å². The van der Waals surface area contributed by atoms with E-state index in [1.165, 1.54) is 11.3 Å². The maximum Gasteiger partial charge on any atom is 0.306 e. The summed E-state index contributed by atoms with van der Waals surface area (Å²) in [7, 11) is 1.74. The predicted octanol–water partition coefficient (Wildman–Crippen LogP) is 3.41. The van der Waals surface area contributed by atoms with Crippen molar-refractivity contribution in [1.29, 1.82) is 0 Å². The Balaban J connectivity index is 1.70. The number of pyridine rings is 1. The van der Waals surface area contributed by atoms with Crippen molar-refractivity contribution >= 4 is 46.1 Å². The predicted molar refractivity (Wildman–Crippen MR) is 108 cm³/mol. The minimum absolute atomic E-state index is 0.332. The summed E-state index contributed by atoms with van der Waals surface area (Å²) in [5.41, 5.74) is 3.95. The second-order valence-corrected chi connectivity index (χ2v) is 7.52. The number of fused-ring (bicyclic) bond motifs is 2. The summed E-state index contributed by atoms with van der Waals surface area (Å²) in [6.45, 7) is 3.70. The van der Waals surface area contributed by atoms with Gasteiger partial charge in [-0.2, -0.15) is 5.10 Å². The van der Waals surface area contributed by atoms with Crippen molar-refractivity contribution < 1.29 is 9.90 Å². The van der Waals surface area contributed by atoms with Crippen molar-refractivity contribution in [1.82, 2.24) is 9.61 Å². The summed E-state index contributed by atoms with van der Waals surface area (Å²) >= 11 is 1.51. The van der Waals surface area contributed by atoms with E-state index in [4.69, 9.17) is 0 Å². The van der Waals surface area contributed by atoms with Gasteiger partial charge < -0.3 is 10.4 Å². The molecule has 3 aromatic rings. The molecule has 0 spiro atoms. The Hall–Kier alpha value is -3.00. The van der Waals surface area contributed by atoms with Gasteiger partial charge in [0.05, 0.1) is 17.0 Å². The molecule has 27 heavy (non-hydrogen) atoms. The number of hydrogen-bond donors (Lipinski definition) is 2. The van der Waals surface area contributed by atoms with Crippen LogP contribution in [0.5, 0.6) is 0 Å². The zero-order valence-corrected chi connectivity index (χ0v) is 15.7. The first kappa shape index (κ1) is 17.4. The molecule has 3 aromatic heterocycles. The minimum Gasteiger partial charge on any atom is -0.481 e. The van der Waals surface area contributed by atoms with Crippen LogP contribution in [0.3, 0.4) is 0 Å². The summed E-state index contributed by atoms with van der Waals surface area (Å²) in [5.74, 6) is -0.353. The highest BCUT2D eigenvalue weighted by atomic mass is 32.1. The van der Waals surface area contributed by atoms with E-state index in [2.05, 4.69) is 27.1 Å². The molecular formula is C19H19N5O2S. The number of nitrogens with zero attached hydrogens (tertiary/aromatic N) is 4. The molecule has 0 amide bonds. The van der Waals surface area contributed by atoms with E-state index in [1.54, 1.807) is 17.8 Å². The van der Waals surface area contributed by atoms with Crippen LogP contribution < -0.4 is 5.32 Å². The van der Waals surface area contributed by atoms with Gasteiger partial charge in [-0.05, 0) is 49.7 Å². The highest BCUT2D eigenvalue weighted by Crippen LogP contribution is 2.41. The first-order valence-corrected chi connectivity index (χ1v) is 9.44. The summed E-state index contributed by atoms with van der Waals surface area (Å²) in [6.07, 6.45) is 5.51. The fourth-order valence-electron chi connectivity index (χ4n) is 3.50. The van der Waals surface area contributed by atoms with Crippen LogP contribution in [0.4, 0.5) is 10.7 Å². The Bertz CT molecular complexity index is 1070. The summed E-state index contributed by atoms with van der Waals surface area (Å²) in [4.78, 5) is 21.1. The number of anilines is 1. The van der Waals surface area contributed by atoms with Gasteiger partial charge in [-0.3, -0.25) is 14.8 Å². The van der Waals surface area contributed by atoms with E-state index in [0.717, 1.165) is 32.2 Å².